The van der Waals surface area contributed by atoms with Crippen LogP contribution in [0.3, 0.4) is 0 Å². The number of fused-ring (bicyclic) bond motifs is 2. The van der Waals surface area contributed by atoms with E-state index in [4.69, 9.17) is 0 Å². The third-order valence-electron chi connectivity index (χ3n) is 3.84. The van der Waals surface area contributed by atoms with Gasteiger partial charge in [0.15, 0.2) is 0 Å². The van der Waals surface area contributed by atoms with Gasteiger partial charge in [0.2, 0.25) is 0 Å². The van der Waals surface area contributed by atoms with E-state index in [9.17, 15) is 4.79 Å². The van der Waals surface area contributed by atoms with Gasteiger partial charge in [-0.25, -0.2) is 4.98 Å². The minimum Gasteiger partial charge on any atom is -0.293 e. The predicted octanol–water partition coefficient (Wildman–Crippen LogP) is 1.05. The zero-order chi connectivity index (χ0) is 13.5. The lowest BCUT2D eigenvalue weighted by atomic mass is 10.2. The van der Waals surface area contributed by atoms with E-state index < -0.39 is 0 Å². The second-order valence-corrected chi connectivity index (χ2v) is 5.05. The van der Waals surface area contributed by atoms with Gasteiger partial charge in [-0.3, -0.25) is 19.4 Å². The lowest BCUT2D eigenvalue weighted by Crippen LogP contribution is -2.21. The Balaban J connectivity index is 1.79. The predicted molar refractivity (Wildman–Crippen MR) is 73.5 cm³/mol. The molecule has 0 fully saturated rings. The van der Waals surface area contributed by atoms with Gasteiger partial charge in [-0.05, 0) is 30.9 Å². The summed E-state index contributed by atoms with van der Waals surface area (Å²) in [5, 5.41) is 7.93. The molecule has 0 atom stereocenters. The molecule has 6 nitrogen and oxygen atoms in total. The average Bonchev–Trinajstić information content (AvgIpc) is 3.07. The lowest BCUT2D eigenvalue weighted by molar-refractivity contribution is 0.713. The Bertz CT molecular complexity index is 848. The van der Waals surface area contributed by atoms with Crippen molar-refractivity contribution in [3.05, 3.63) is 52.1 Å². The number of rotatable bonds is 2. The van der Waals surface area contributed by atoms with Gasteiger partial charge in [-0.1, -0.05) is 0 Å². The zero-order valence-electron chi connectivity index (χ0n) is 10.8. The van der Waals surface area contributed by atoms with Gasteiger partial charge >= 0.3 is 0 Å². The highest BCUT2D eigenvalue weighted by Gasteiger charge is 2.18. The van der Waals surface area contributed by atoms with Crippen LogP contribution < -0.4 is 5.56 Å². The number of aryl methyl sites for hydroxylation is 1. The van der Waals surface area contributed by atoms with Gasteiger partial charge < -0.3 is 0 Å². The summed E-state index contributed by atoms with van der Waals surface area (Å²) in [6.07, 6.45) is 8.04. The summed E-state index contributed by atoms with van der Waals surface area (Å²) >= 11 is 0. The van der Waals surface area contributed by atoms with Crippen molar-refractivity contribution in [1.29, 1.82) is 0 Å². The van der Waals surface area contributed by atoms with Gasteiger partial charge in [0.25, 0.3) is 5.56 Å². The standard InChI is InChI=1S/C14H13N5O/c20-14-10-6-15-5-4-11(10)16-8-19(14)7-13-9-2-1-3-12(9)17-18-13/h4-6,8H,1-3,7H2,(H,17,18). The molecule has 1 aliphatic carbocycles. The fraction of sp³-hybridized carbons (Fsp3) is 0.286. The quantitative estimate of drug-likeness (QED) is 0.753. The van der Waals surface area contributed by atoms with Gasteiger partial charge in [0.05, 0.1) is 29.5 Å². The Morgan fingerprint density at radius 2 is 2.30 bits per heavy atom. The van der Waals surface area contributed by atoms with Crippen LogP contribution in [0, 0.1) is 0 Å². The van der Waals surface area contributed by atoms with E-state index in [1.165, 1.54) is 11.3 Å². The first kappa shape index (κ1) is 11.3. The van der Waals surface area contributed by atoms with E-state index in [2.05, 4.69) is 20.2 Å². The second kappa shape index (κ2) is 4.26. The van der Waals surface area contributed by atoms with Crippen molar-refractivity contribution in [2.75, 3.05) is 0 Å². The van der Waals surface area contributed by atoms with Crippen LogP contribution in [-0.2, 0) is 19.4 Å². The molecule has 0 radical (unpaired) electrons. The normalized spacial score (nSPS) is 13.8. The van der Waals surface area contributed by atoms with Crippen LogP contribution >= 0.6 is 0 Å². The third kappa shape index (κ3) is 1.65. The SMILES string of the molecule is O=c1c2cnccc2ncn1Cc1n[nH]c2c1CCC2. The molecular formula is C14H13N5O. The molecule has 3 aromatic heterocycles. The zero-order valence-corrected chi connectivity index (χ0v) is 10.8. The summed E-state index contributed by atoms with van der Waals surface area (Å²) in [7, 11) is 0. The number of aromatic amines is 1. The minimum atomic E-state index is -0.0714. The molecule has 3 heterocycles. The summed E-state index contributed by atoms with van der Waals surface area (Å²) < 4.78 is 1.60. The molecule has 3 aromatic rings. The summed E-state index contributed by atoms with van der Waals surface area (Å²) in [6.45, 7) is 0.461. The molecule has 0 spiro atoms. The minimum absolute atomic E-state index is 0.0714. The van der Waals surface area contributed by atoms with Crippen molar-refractivity contribution in [1.82, 2.24) is 24.7 Å². The molecule has 20 heavy (non-hydrogen) atoms. The molecule has 0 aromatic carbocycles. The van der Waals surface area contributed by atoms with Crippen LogP contribution in [0.5, 0.6) is 0 Å². The van der Waals surface area contributed by atoms with Crippen molar-refractivity contribution < 1.29 is 0 Å². The van der Waals surface area contributed by atoms with Crippen LogP contribution in [0.1, 0.15) is 23.4 Å². The Kier molecular flexibility index (Phi) is 2.42. The van der Waals surface area contributed by atoms with Crippen LogP contribution in [0.25, 0.3) is 10.9 Å². The first-order valence-electron chi connectivity index (χ1n) is 6.67. The van der Waals surface area contributed by atoms with Gasteiger partial charge in [-0.2, -0.15) is 5.10 Å². The first-order chi connectivity index (χ1) is 9.83. The van der Waals surface area contributed by atoms with Crippen molar-refractivity contribution in [2.45, 2.75) is 25.8 Å². The fourth-order valence-corrected chi connectivity index (χ4v) is 2.80. The van der Waals surface area contributed by atoms with E-state index in [0.29, 0.717) is 17.4 Å². The average molecular weight is 267 g/mol. The topological polar surface area (TPSA) is 76.5 Å². The molecule has 0 bridgehead atoms. The van der Waals surface area contributed by atoms with Gasteiger partial charge in [-0.15, -0.1) is 0 Å². The summed E-state index contributed by atoms with van der Waals surface area (Å²) in [5.41, 5.74) is 4.03. The van der Waals surface area contributed by atoms with Crippen molar-refractivity contribution in [2.24, 2.45) is 0 Å². The van der Waals surface area contributed by atoms with Gasteiger partial charge in [0, 0.05) is 18.1 Å². The highest BCUT2D eigenvalue weighted by atomic mass is 16.1. The van der Waals surface area contributed by atoms with Crippen LogP contribution in [0.4, 0.5) is 0 Å². The maximum absolute atomic E-state index is 12.4. The molecule has 0 saturated heterocycles. The van der Waals surface area contributed by atoms with E-state index >= 15 is 0 Å². The molecule has 0 amide bonds. The van der Waals surface area contributed by atoms with E-state index in [0.717, 1.165) is 25.0 Å². The fourth-order valence-electron chi connectivity index (χ4n) is 2.80. The van der Waals surface area contributed by atoms with E-state index in [-0.39, 0.29) is 5.56 Å². The summed E-state index contributed by atoms with van der Waals surface area (Å²) in [4.78, 5) is 20.7. The Labute approximate surface area is 114 Å². The molecule has 0 unspecified atom stereocenters. The highest BCUT2D eigenvalue weighted by Crippen LogP contribution is 2.23. The molecule has 0 aliphatic heterocycles. The van der Waals surface area contributed by atoms with Crippen molar-refractivity contribution >= 4 is 10.9 Å². The smallest absolute Gasteiger partial charge is 0.263 e. The second-order valence-electron chi connectivity index (χ2n) is 5.05. The van der Waals surface area contributed by atoms with Crippen LogP contribution in [0.2, 0.25) is 0 Å². The van der Waals surface area contributed by atoms with Crippen LogP contribution in [0.15, 0.2) is 29.6 Å². The number of hydrogen-bond acceptors (Lipinski definition) is 4. The molecule has 1 aliphatic rings. The maximum atomic E-state index is 12.4. The lowest BCUT2D eigenvalue weighted by Gasteiger charge is -2.05. The number of H-pyrrole nitrogens is 1. The number of aromatic nitrogens is 5. The maximum Gasteiger partial charge on any atom is 0.263 e. The summed E-state index contributed by atoms with van der Waals surface area (Å²) in [5.74, 6) is 0. The molecule has 4 rings (SSSR count). The molecule has 1 N–H and O–H groups in total. The third-order valence-corrected chi connectivity index (χ3v) is 3.84. The first-order valence-corrected chi connectivity index (χ1v) is 6.67. The van der Waals surface area contributed by atoms with Crippen molar-refractivity contribution in [3.8, 4) is 0 Å². The Hall–Kier alpha value is -2.50. The Morgan fingerprint density at radius 3 is 3.25 bits per heavy atom. The van der Waals surface area contributed by atoms with Crippen LogP contribution in [-0.4, -0.2) is 24.7 Å². The number of hydrogen-bond donors (Lipinski definition) is 1. The summed E-state index contributed by atoms with van der Waals surface area (Å²) in [6, 6.07) is 1.74. The molecule has 100 valence electrons. The van der Waals surface area contributed by atoms with E-state index in [1.807, 2.05) is 0 Å². The number of nitrogens with zero attached hydrogens (tertiary/aromatic N) is 4. The van der Waals surface area contributed by atoms with Gasteiger partial charge in [0.1, 0.15) is 0 Å². The molecular weight excluding hydrogens is 254 g/mol. The molecule has 0 saturated carbocycles. The molecule has 6 heteroatoms. The largest absolute Gasteiger partial charge is 0.293 e. The van der Waals surface area contributed by atoms with Crippen molar-refractivity contribution in [3.63, 3.8) is 0 Å². The number of nitrogens with one attached hydrogen (secondary N) is 1. The number of pyridine rings is 1. The monoisotopic (exact) mass is 267 g/mol. The highest BCUT2D eigenvalue weighted by molar-refractivity contribution is 5.75. The van der Waals surface area contributed by atoms with E-state index in [1.54, 1.807) is 29.4 Å². The Morgan fingerprint density at radius 1 is 1.35 bits per heavy atom.